The van der Waals surface area contributed by atoms with Crippen molar-refractivity contribution in [3.63, 3.8) is 0 Å². The third-order valence-electron chi connectivity index (χ3n) is 4.64. The maximum absolute atomic E-state index is 12.8. The quantitative estimate of drug-likeness (QED) is 0.601. The number of nitro groups is 1. The van der Waals surface area contributed by atoms with E-state index in [9.17, 15) is 28.1 Å². The summed E-state index contributed by atoms with van der Waals surface area (Å²) in [7, 11) is 0. The van der Waals surface area contributed by atoms with Crippen LogP contribution in [-0.4, -0.2) is 54.6 Å². The summed E-state index contributed by atoms with van der Waals surface area (Å²) in [5, 5.41) is 11.2. The number of anilines is 1. The van der Waals surface area contributed by atoms with Crippen molar-refractivity contribution in [2.45, 2.75) is 25.1 Å². The van der Waals surface area contributed by atoms with Gasteiger partial charge in [-0.1, -0.05) is 0 Å². The summed E-state index contributed by atoms with van der Waals surface area (Å²) < 4.78 is 43.8. The van der Waals surface area contributed by atoms with Gasteiger partial charge in [0.05, 0.1) is 10.5 Å². The molecule has 10 heteroatoms. The topological polar surface area (TPSA) is 75.9 Å². The molecule has 2 saturated heterocycles. The molecule has 142 valence electrons. The summed E-state index contributed by atoms with van der Waals surface area (Å²) in [6.45, 7) is 1.87. The number of carbonyl (C=O) groups excluding carboxylic acids is 1. The van der Waals surface area contributed by atoms with E-state index >= 15 is 0 Å². The summed E-state index contributed by atoms with van der Waals surface area (Å²) in [5.41, 5.74) is -1.51. The van der Waals surface area contributed by atoms with Gasteiger partial charge in [0.15, 0.2) is 0 Å². The van der Waals surface area contributed by atoms with E-state index in [1.54, 1.807) is 9.80 Å². The number of halogens is 3. The van der Waals surface area contributed by atoms with Gasteiger partial charge < -0.3 is 14.5 Å². The lowest BCUT2D eigenvalue weighted by Crippen LogP contribution is -2.51. The fourth-order valence-electron chi connectivity index (χ4n) is 3.26. The molecule has 1 unspecified atom stereocenters. The van der Waals surface area contributed by atoms with Crippen molar-refractivity contribution in [3.05, 3.63) is 33.9 Å². The highest BCUT2D eigenvalue weighted by molar-refractivity contribution is 5.81. The Labute approximate surface area is 147 Å². The zero-order chi connectivity index (χ0) is 18.9. The van der Waals surface area contributed by atoms with Crippen LogP contribution in [0.4, 0.5) is 24.5 Å². The average Bonchev–Trinajstić information content (AvgIpc) is 3.14. The van der Waals surface area contributed by atoms with E-state index in [0.717, 1.165) is 18.6 Å². The highest BCUT2D eigenvalue weighted by Gasteiger charge is 2.35. The van der Waals surface area contributed by atoms with Crippen molar-refractivity contribution in [1.82, 2.24) is 4.90 Å². The Hall–Kier alpha value is -2.36. The first-order chi connectivity index (χ1) is 12.3. The molecule has 0 saturated carbocycles. The molecule has 0 radical (unpaired) electrons. The highest BCUT2D eigenvalue weighted by Crippen LogP contribution is 2.36. The van der Waals surface area contributed by atoms with Gasteiger partial charge in [0.1, 0.15) is 11.8 Å². The van der Waals surface area contributed by atoms with E-state index in [0.29, 0.717) is 45.3 Å². The Morgan fingerprint density at radius 3 is 2.46 bits per heavy atom. The number of rotatable bonds is 3. The average molecular weight is 373 g/mol. The van der Waals surface area contributed by atoms with Crippen LogP contribution in [0.5, 0.6) is 0 Å². The van der Waals surface area contributed by atoms with Crippen molar-refractivity contribution < 1.29 is 27.6 Å². The first kappa shape index (κ1) is 18.4. The molecule has 2 aliphatic heterocycles. The molecule has 26 heavy (non-hydrogen) atoms. The van der Waals surface area contributed by atoms with Gasteiger partial charge in [0.2, 0.25) is 0 Å². The Balaban J connectivity index is 1.72. The number of nitro benzene ring substituents is 1. The standard InChI is InChI=1S/C16H18F3N3O4/c17-16(18,19)11-3-4-12(13(10-11)22(24)25)20-5-7-21(8-6-20)15(23)14-2-1-9-26-14/h3-4,10,14H,1-2,5-9H2. The molecule has 1 aromatic carbocycles. The number of hydrogen-bond donors (Lipinski definition) is 0. The second-order valence-corrected chi connectivity index (χ2v) is 6.27. The van der Waals surface area contributed by atoms with E-state index in [2.05, 4.69) is 0 Å². The molecule has 0 spiro atoms. The molecule has 1 aromatic rings. The van der Waals surface area contributed by atoms with E-state index < -0.39 is 28.5 Å². The van der Waals surface area contributed by atoms with Gasteiger partial charge in [-0.3, -0.25) is 14.9 Å². The zero-order valence-electron chi connectivity index (χ0n) is 13.9. The Morgan fingerprint density at radius 1 is 1.23 bits per heavy atom. The second kappa shape index (κ2) is 7.10. The van der Waals surface area contributed by atoms with Gasteiger partial charge in [-0.25, -0.2) is 0 Å². The van der Waals surface area contributed by atoms with Gasteiger partial charge in [0.25, 0.3) is 11.6 Å². The van der Waals surface area contributed by atoms with Crippen LogP contribution in [0, 0.1) is 10.1 Å². The largest absolute Gasteiger partial charge is 0.416 e. The van der Waals surface area contributed by atoms with Crippen molar-refractivity contribution >= 4 is 17.3 Å². The van der Waals surface area contributed by atoms with Crippen LogP contribution < -0.4 is 4.90 Å². The molecule has 3 rings (SSSR count). The lowest BCUT2D eigenvalue weighted by atomic mass is 10.1. The number of piperazine rings is 1. The first-order valence-electron chi connectivity index (χ1n) is 8.28. The fraction of sp³-hybridized carbons (Fsp3) is 0.562. The van der Waals surface area contributed by atoms with E-state index in [4.69, 9.17) is 4.74 Å². The van der Waals surface area contributed by atoms with Gasteiger partial charge in [-0.15, -0.1) is 0 Å². The molecule has 1 atom stereocenters. The summed E-state index contributed by atoms with van der Waals surface area (Å²) >= 11 is 0. The zero-order valence-corrected chi connectivity index (χ0v) is 13.9. The monoisotopic (exact) mass is 373 g/mol. The van der Waals surface area contributed by atoms with Crippen LogP contribution in [0.3, 0.4) is 0 Å². The third kappa shape index (κ3) is 3.74. The SMILES string of the molecule is O=C(C1CCCO1)N1CCN(c2ccc(C(F)(F)F)cc2[N+](=O)[O-])CC1. The fourth-order valence-corrected chi connectivity index (χ4v) is 3.26. The van der Waals surface area contributed by atoms with Crippen molar-refractivity contribution in [3.8, 4) is 0 Å². The van der Waals surface area contributed by atoms with E-state index in [1.165, 1.54) is 0 Å². The normalized spacial score (nSPS) is 21.1. The summed E-state index contributed by atoms with van der Waals surface area (Å²) in [5.74, 6) is -0.0935. The summed E-state index contributed by atoms with van der Waals surface area (Å²) in [6, 6.07) is 2.52. The van der Waals surface area contributed by atoms with Gasteiger partial charge in [0, 0.05) is 38.9 Å². The van der Waals surface area contributed by atoms with Crippen LogP contribution in [0.1, 0.15) is 18.4 Å². The second-order valence-electron chi connectivity index (χ2n) is 6.27. The minimum atomic E-state index is -4.64. The Morgan fingerprint density at radius 2 is 1.92 bits per heavy atom. The van der Waals surface area contributed by atoms with Crippen LogP contribution in [0.2, 0.25) is 0 Å². The maximum Gasteiger partial charge on any atom is 0.416 e. The van der Waals surface area contributed by atoms with Crippen LogP contribution in [0.15, 0.2) is 18.2 Å². The lowest BCUT2D eigenvalue weighted by molar-refractivity contribution is -0.384. The molecule has 2 aliphatic rings. The molecule has 0 N–H and O–H groups in total. The highest BCUT2D eigenvalue weighted by atomic mass is 19.4. The number of alkyl halides is 3. The molecule has 0 aliphatic carbocycles. The van der Waals surface area contributed by atoms with E-state index in [-0.39, 0.29) is 11.6 Å². The molecule has 2 fully saturated rings. The molecule has 7 nitrogen and oxygen atoms in total. The van der Waals surface area contributed by atoms with Crippen molar-refractivity contribution in [2.75, 3.05) is 37.7 Å². The number of amides is 1. The van der Waals surface area contributed by atoms with Crippen molar-refractivity contribution in [1.29, 1.82) is 0 Å². The predicted octanol–water partition coefficient (Wildman–Crippen LogP) is 2.44. The number of carbonyl (C=O) groups is 1. The minimum Gasteiger partial charge on any atom is -0.368 e. The smallest absolute Gasteiger partial charge is 0.368 e. The summed E-state index contributed by atoms with van der Waals surface area (Å²) in [6.07, 6.45) is -3.55. The predicted molar refractivity (Wildman–Crippen MR) is 85.9 cm³/mol. The first-order valence-corrected chi connectivity index (χ1v) is 8.28. The number of benzene rings is 1. The Kier molecular flexibility index (Phi) is 5.03. The molecular formula is C16H18F3N3O4. The number of ether oxygens (including phenoxy) is 1. The molecule has 0 aromatic heterocycles. The van der Waals surface area contributed by atoms with Gasteiger partial charge in [-0.05, 0) is 25.0 Å². The minimum absolute atomic E-state index is 0.0935. The van der Waals surface area contributed by atoms with Crippen molar-refractivity contribution in [2.24, 2.45) is 0 Å². The molecule has 2 heterocycles. The third-order valence-corrected chi connectivity index (χ3v) is 4.64. The summed E-state index contributed by atoms with van der Waals surface area (Å²) in [4.78, 5) is 26.0. The van der Waals surface area contributed by atoms with Crippen LogP contribution in [-0.2, 0) is 15.7 Å². The lowest BCUT2D eigenvalue weighted by Gasteiger charge is -2.36. The maximum atomic E-state index is 12.8. The Bertz CT molecular complexity index is 696. The molecular weight excluding hydrogens is 355 g/mol. The van der Waals surface area contributed by atoms with Gasteiger partial charge >= 0.3 is 6.18 Å². The van der Waals surface area contributed by atoms with E-state index in [1.807, 2.05) is 0 Å². The van der Waals surface area contributed by atoms with Gasteiger partial charge in [-0.2, -0.15) is 13.2 Å². The number of hydrogen-bond acceptors (Lipinski definition) is 5. The molecule has 0 bridgehead atoms. The van der Waals surface area contributed by atoms with Crippen LogP contribution >= 0.6 is 0 Å². The van der Waals surface area contributed by atoms with Crippen LogP contribution in [0.25, 0.3) is 0 Å². The molecule has 1 amide bonds. The number of nitrogens with zero attached hydrogens (tertiary/aromatic N) is 3.